The maximum atomic E-state index is 13.4. The van der Waals surface area contributed by atoms with Gasteiger partial charge < -0.3 is 20.9 Å². The van der Waals surface area contributed by atoms with Crippen molar-refractivity contribution in [1.29, 1.82) is 0 Å². The second kappa shape index (κ2) is 10.5. The van der Waals surface area contributed by atoms with Gasteiger partial charge in [-0.2, -0.15) is 0 Å². The molecule has 0 radical (unpaired) electrons. The van der Waals surface area contributed by atoms with Gasteiger partial charge in [-0.1, -0.05) is 60.7 Å². The molecule has 4 rings (SSSR count). The van der Waals surface area contributed by atoms with Crippen molar-refractivity contribution in [2.75, 3.05) is 26.2 Å². The number of hydrogen-bond donors (Lipinski definition) is 2. The minimum absolute atomic E-state index is 0.0220. The summed E-state index contributed by atoms with van der Waals surface area (Å²) in [4.78, 5) is 30.0. The van der Waals surface area contributed by atoms with Crippen molar-refractivity contribution in [2.45, 2.75) is 56.7 Å². The number of benzene rings is 2. The third-order valence-electron chi connectivity index (χ3n) is 7.12. The first kappa shape index (κ1) is 23.5. The number of nitrogens with zero attached hydrogens (tertiary/aromatic N) is 2. The van der Waals surface area contributed by atoms with Crippen molar-refractivity contribution in [1.82, 2.24) is 15.1 Å². The highest BCUT2D eigenvalue weighted by Crippen LogP contribution is 2.34. The van der Waals surface area contributed by atoms with E-state index in [1.165, 1.54) is 11.1 Å². The molecule has 6 nitrogen and oxygen atoms in total. The Hall–Kier alpha value is -2.70. The number of amides is 2. The Morgan fingerprint density at radius 1 is 0.970 bits per heavy atom. The number of carbonyl (C=O) groups is 2. The highest BCUT2D eigenvalue weighted by molar-refractivity contribution is 5.89. The fraction of sp³-hybridized carbons (Fsp3) is 0.481. The van der Waals surface area contributed by atoms with E-state index >= 15 is 0 Å². The molecular formula is C27H36N4O2. The number of likely N-dealkylation sites (tertiary alicyclic amines) is 2. The molecule has 0 saturated carbocycles. The van der Waals surface area contributed by atoms with E-state index in [1.807, 2.05) is 11.0 Å². The number of rotatable bonds is 7. The summed E-state index contributed by atoms with van der Waals surface area (Å²) in [6, 6.07) is 20.1. The van der Waals surface area contributed by atoms with Crippen LogP contribution in [0.2, 0.25) is 0 Å². The summed E-state index contributed by atoms with van der Waals surface area (Å²) in [5.41, 5.74) is 8.36. The van der Waals surface area contributed by atoms with Crippen LogP contribution >= 0.6 is 0 Å². The lowest BCUT2D eigenvalue weighted by molar-refractivity contribution is -0.137. The zero-order valence-corrected chi connectivity index (χ0v) is 19.7. The average molecular weight is 449 g/mol. The molecule has 3 N–H and O–H groups in total. The smallest absolute Gasteiger partial charge is 0.245 e. The Labute approximate surface area is 197 Å². The average Bonchev–Trinajstić information content (AvgIpc) is 3.47. The van der Waals surface area contributed by atoms with Crippen LogP contribution in [0.25, 0.3) is 0 Å². The van der Waals surface area contributed by atoms with Crippen LogP contribution in [0.15, 0.2) is 60.7 Å². The van der Waals surface area contributed by atoms with Crippen molar-refractivity contribution in [3.63, 3.8) is 0 Å². The van der Waals surface area contributed by atoms with Gasteiger partial charge in [-0.15, -0.1) is 0 Å². The lowest BCUT2D eigenvalue weighted by atomic mass is 9.96. The molecule has 2 saturated heterocycles. The highest BCUT2D eigenvalue weighted by atomic mass is 16.2. The topological polar surface area (TPSA) is 78.7 Å². The highest BCUT2D eigenvalue weighted by Gasteiger charge is 2.39. The van der Waals surface area contributed by atoms with Crippen molar-refractivity contribution in [3.8, 4) is 0 Å². The van der Waals surface area contributed by atoms with Crippen LogP contribution in [0.1, 0.15) is 49.7 Å². The predicted octanol–water partition coefficient (Wildman–Crippen LogP) is 2.71. The zero-order valence-electron chi connectivity index (χ0n) is 19.7. The second-order valence-corrected chi connectivity index (χ2v) is 9.66. The fourth-order valence-electron chi connectivity index (χ4n) is 5.28. The molecule has 176 valence electrons. The molecule has 2 fully saturated rings. The number of nitrogens with two attached hydrogens (primary N) is 1. The van der Waals surface area contributed by atoms with E-state index in [1.54, 1.807) is 13.8 Å². The first-order valence-corrected chi connectivity index (χ1v) is 12.1. The van der Waals surface area contributed by atoms with E-state index < -0.39 is 12.1 Å². The lowest BCUT2D eigenvalue weighted by Gasteiger charge is -2.31. The van der Waals surface area contributed by atoms with Crippen LogP contribution in [0.5, 0.6) is 0 Å². The third-order valence-corrected chi connectivity index (χ3v) is 7.12. The maximum absolute atomic E-state index is 13.4. The molecule has 2 heterocycles. The van der Waals surface area contributed by atoms with E-state index in [4.69, 9.17) is 5.73 Å². The van der Waals surface area contributed by atoms with Crippen molar-refractivity contribution in [2.24, 2.45) is 5.73 Å². The van der Waals surface area contributed by atoms with Crippen molar-refractivity contribution in [3.05, 3.63) is 71.8 Å². The Balaban J connectivity index is 1.46. The number of nitrogens with one attached hydrogen (secondary N) is 1. The van der Waals surface area contributed by atoms with Gasteiger partial charge in [0.05, 0.1) is 6.04 Å². The monoisotopic (exact) mass is 448 g/mol. The molecule has 0 spiro atoms. The fourth-order valence-corrected chi connectivity index (χ4v) is 5.28. The van der Waals surface area contributed by atoms with Crippen LogP contribution in [0.4, 0.5) is 0 Å². The van der Waals surface area contributed by atoms with E-state index in [0.29, 0.717) is 18.4 Å². The summed E-state index contributed by atoms with van der Waals surface area (Å²) in [5, 5.41) is 2.78. The molecule has 33 heavy (non-hydrogen) atoms. The summed E-state index contributed by atoms with van der Waals surface area (Å²) in [6.07, 6.45) is 2.09. The standard InChI is InChI=1S/C27H36N4O2/c1-19(28)26(32)29-20(2)27(33)31-17-24(22-11-7-4-8-12-22)15-25(31)18-30-14-13-23(16-30)21-9-5-3-6-10-21/h3-12,19-20,23-25H,13-18,28H2,1-2H3,(H,29,32). The predicted molar refractivity (Wildman–Crippen MR) is 131 cm³/mol. The second-order valence-electron chi connectivity index (χ2n) is 9.66. The molecule has 5 atom stereocenters. The lowest BCUT2D eigenvalue weighted by Crippen LogP contribution is -2.53. The normalized spacial score (nSPS) is 25.1. The molecular weight excluding hydrogens is 412 g/mol. The quantitative estimate of drug-likeness (QED) is 0.683. The van der Waals surface area contributed by atoms with Crippen molar-refractivity contribution >= 4 is 11.8 Å². The van der Waals surface area contributed by atoms with Gasteiger partial charge in [0.1, 0.15) is 6.04 Å². The van der Waals surface area contributed by atoms with Gasteiger partial charge in [-0.05, 0) is 50.3 Å². The summed E-state index contributed by atoms with van der Waals surface area (Å²) in [5.74, 6) is 0.539. The van der Waals surface area contributed by atoms with E-state index in [0.717, 1.165) is 32.5 Å². The van der Waals surface area contributed by atoms with Gasteiger partial charge in [0, 0.05) is 31.6 Å². The van der Waals surface area contributed by atoms with Gasteiger partial charge in [0.25, 0.3) is 0 Å². The molecule has 2 aromatic carbocycles. The van der Waals surface area contributed by atoms with Gasteiger partial charge >= 0.3 is 0 Å². The van der Waals surface area contributed by atoms with E-state index in [2.05, 4.69) is 64.8 Å². The Morgan fingerprint density at radius 2 is 1.58 bits per heavy atom. The van der Waals surface area contributed by atoms with E-state index in [-0.39, 0.29) is 17.9 Å². The number of hydrogen-bond acceptors (Lipinski definition) is 4. The first-order valence-electron chi connectivity index (χ1n) is 12.1. The van der Waals surface area contributed by atoms with E-state index in [9.17, 15) is 9.59 Å². The molecule has 2 amide bonds. The first-order chi connectivity index (χ1) is 15.9. The molecule has 2 aromatic rings. The number of carbonyl (C=O) groups excluding carboxylic acids is 2. The Morgan fingerprint density at radius 3 is 2.18 bits per heavy atom. The molecule has 2 aliphatic heterocycles. The van der Waals surface area contributed by atoms with Crippen LogP contribution in [-0.4, -0.2) is 65.9 Å². The summed E-state index contributed by atoms with van der Waals surface area (Å²) >= 11 is 0. The zero-order chi connectivity index (χ0) is 23.4. The summed E-state index contributed by atoms with van der Waals surface area (Å²) in [7, 11) is 0. The molecule has 2 aliphatic rings. The van der Waals surface area contributed by atoms with Gasteiger partial charge in [-0.25, -0.2) is 0 Å². The maximum Gasteiger partial charge on any atom is 0.245 e. The third kappa shape index (κ3) is 5.63. The molecule has 5 unspecified atom stereocenters. The Bertz CT molecular complexity index is 934. The van der Waals surface area contributed by atoms with Crippen LogP contribution in [-0.2, 0) is 9.59 Å². The largest absolute Gasteiger partial charge is 0.343 e. The Kier molecular flexibility index (Phi) is 7.46. The van der Waals surface area contributed by atoms with Crippen molar-refractivity contribution < 1.29 is 9.59 Å². The molecule has 0 aliphatic carbocycles. The van der Waals surface area contributed by atoms with Gasteiger partial charge in [0.2, 0.25) is 11.8 Å². The van der Waals surface area contributed by atoms with Gasteiger partial charge in [0.15, 0.2) is 0 Å². The molecule has 6 heteroatoms. The molecule has 0 bridgehead atoms. The minimum atomic E-state index is -0.633. The molecule has 0 aromatic heterocycles. The SMILES string of the molecule is CC(N)C(=O)NC(C)C(=O)N1CC(c2ccccc2)CC1CN1CCC(c2ccccc2)C1. The van der Waals surface area contributed by atoms with Gasteiger partial charge in [-0.3, -0.25) is 9.59 Å². The minimum Gasteiger partial charge on any atom is -0.343 e. The van der Waals surface area contributed by atoms with Crippen LogP contribution < -0.4 is 11.1 Å². The van der Waals surface area contributed by atoms with Crippen LogP contribution in [0, 0.1) is 0 Å². The summed E-state index contributed by atoms with van der Waals surface area (Å²) in [6.45, 7) is 7.01. The van der Waals surface area contributed by atoms with Crippen LogP contribution in [0.3, 0.4) is 0 Å². The summed E-state index contributed by atoms with van der Waals surface area (Å²) < 4.78 is 0.